The predicted molar refractivity (Wildman–Crippen MR) is 31.1 cm³/mol. The Kier molecular flexibility index (Phi) is 12700. The van der Waals surface area contributed by atoms with Gasteiger partial charge in [0.2, 0.25) is 0 Å². The van der Waals surface area contributed by atoms with E-state index in [1.54, 1.807) is 0 Å². The third-order valence-corrected chi connectivity index (χ3v) is 0. The van der Waals surface area contributed by atoms with Crippen LogP contribution in [0.3, 0.4) is 0 Å². The van der Waals surface area contributed by atoms with Crippen molar-refractivity contribution in [1.29, 1.82) is 0 Å². The first-order valence-electron chi connectivity index (χ1n) is 0. The number of hydrogen-bond acceptors (Lipinski definition) is 0. The smallest absolute Gasteiger partial charge is 0 e. The Morgan fingerprint density at radius 1 is 0.250 bits per heavy atom. The fraction of sp³-hybridized carbons (Fsp3) is 0. The maximum atomic E-state index is 0. The molecule has 0 aliphatic heterocycles. The van der Waals surface area contributed by atoms with Gasteiger partial charge < -0.3 is 38.3 Å². The SMILES string of the molecule is O.O.O.O.O.O.O.[Ba]. The summed E-state index contributed by atoms with van der Waals surface area (Å²) in [6, 6.07) is 0. The molecule has 0 spiro atoms. The summed E-state index contributed by atoms with van der Waals surface area (Å²) in [4.78, 5) is 0. The quantitative estimate of drug-likeness (QED) is 0.372. The molecule has 0 saturated heterocycles. The van der Waals surface area contributed by atoms with Crippen LogP contribution in [0.1, 0.15) is 0 Å². The minimum atomic E-state index is 0. The van der Waals surface area contributed by atoms with Gasteiger partial charge in [-0.1, -0.05) is 0 Å². The van der Waals surface area contributed by atoms with E-state index < -0.39 is 0 Å². The van der Waals surface area contributed by atoms with E-state index in [4.69, 9.17) is 0 Å². The van der Waals surface area contributed by atoms with Crippen molar-refractivity contribution in [3.63, 3.8) is 0 Å². The fourth-order valence-corrected chi connectivity index (χ4v) is 0. The Labute approximate surface area is 86.3 Å². The first-order chi connectivity index (χ1) is 0. The van der Waals surface area contributed by atoms with Gasteiger partial charge in [0, 0.05) is 48.9 Å². The zero-order valence-corrected chi connectivity index (χ0v) is 8.65. The maximum absolute atomic E-state index is 0. The van der Waals surface area contributed by atoms with E-state index in [2.05, 4.69) is 0 Å². The molecule has 0 aromatic carbocycles. The first-order valence-corrected chi connectivity index (χ1v) is 0. The molecule has 0 aliphatic carbocycles. The Morgan fingerprint density at radius 2 is 0.250 bits per heavy atom. The normalized spacial score (nSPS) is 0. The van der Waals surface area contributed by atoms with Crippen LogP contribution in [-0.2, 0) is 0 Å². The summed E-state index contributed by atoms with van der Waals surface area (Å²) in [5.74, 6) is 0. The van der Waals surface area contributed by atoms with Crippen LogP contribution in [0.15, 0.2) is 0 Å². The van der Waals surface area contributed by atoms with Crippen LogP contribution in [0.2, 0.25) is 0 Å². The van der Waals surface area contributed by atoms with Gasteiger partial charge >= 0.3 is 0 Å². The molecule has 0 bridgehead atoms. The average Bonchev–Trinajstić information content (AvgIpc) is 0. The van der Waals surface area contributed by atoms with E-state index in [-0.39, 0.29) is 87.2 Å². The van der Waals surface area contributed by atoms with E-state index >= 15 is 0 Å². The zero-order valence-electron chi connectivity index (χ0n) is 4.21. The molecule has 2 radical (unpaired) electrons. The van der Waals surface area contributed by atoms with E-state index in [0.29, 0.717) is 0 Å². The maximum Gasteiger partial charge on any atom is 0 e. The molecule has 0 rings (SSSR count). The Bertz CT molecular complexity index is 4.35. The van der Waals surface area contributed by atoms with Gasteiger partial charge in [-0.25, -0.2) is 0 Å². The second-order valence-electron chi connectivity index (χ2n) is 0. The second-order valence-corrected chi connectivity index (χ2v) is 0. The summed E-state index contributed by atoms with van der Waals surface area (Å²) in [7, 11) is 0. The molecule has 0 atom stereocenters. The van der Waals surface area contributed by atoms with Crippen LogP contribution in [0.5, 0.6) is 0 Å². The molecule has 0 heterocycles. The first kappa shape index (κ1) is 383. The fourth-order valence-electron chi connectivity index (χ4n) is 0. The molecule has 8 heteroatoms. The van der Waals surface area contributed by atoms with E-state index in [9.17, 15) is 0 Å². The van der Waals surface area contributed by atoms with Gasteiger partial charge in [0.15, 0.2) is 0 Å². The van der Waals surface area contributed by atoms with E-state index in [0.717, 1.165) is 0 Å². The van der Waals surface area contributed by atoms with Crippen LogP contribution in [0.4, 0.5) is 0 Å². The van der Waals surface area contributed by atoms with E-state index in [1.807, 2.05) is 0 Å². The Morgan fingerprint density at radius 3 is 0.250 bits per heavy atom. The molecule has 0 aliphatic rings. The summed E-state index contributed by atoms with van der Waals surface area (Å²) < 4.78 is 0. The third-order valence-electron chi connectivity index (χ3n) is 0. The van der Waals surface area contributed by atoms with Crippen molar-refractivity contribution in [2.24, 2.45) is 0 Å². The molecule has 14 N–H and O–H groups in total. The van der Waals surface area contributed by atoms with E-state index in [1.165, 1.54) is 0 Å². The molecule has 0 aromatic rings. The van der Waals surface area contributed by atoms with Gasteiger partial charge in [0.1, 0.15) is 0 Å². The third kappa shape index (κ3) is 173. The predicted octanol–water partition coefficient (Wildman–Crippen LogP) is -6.15. The summed E-state index contributed by atoms with van der Waals surface area (Å²) >= 11 is 0. The van der Waals surface area contributed by atoms with Gasteiger partial charge in [-0.05, 0) is 0 Å². The van der Waals surface area contributed by atoms with Crippen LogP contribution >= 0.6 is 0 Å². The molecule has 0 unspecified atom stereocenters. The monoisotopic (exact) mass is 264 g/mol. The van der Waals surface area contributed by atoms with Crippen molar-refractivity contribution < 1.29 is 38.3 Å². The molecule has 0 aromatic heterocycles. The number of hydrogen-bond donors (Lipinski definition) is 0. The molecule has 8 heavy (non-hydrogen) atoms. The van der Waals surface area contributed by atoms with Crippen molar-refractivity contribution in [3.8, 4) is 0 Å². The van der Waals surface area contributed by atoms with Gasteiger partial charge in [-0.3, -0.25) is 0 Å². The van der Waals surface area contributed by atoms with Crippen molar-refractivity contribution in [2.75, 3.05) is 0 Å². The van der Waals surface area contributed by atoms with Gasteiger partial charge in [-0.2, -0.15) is 0 Å². The molecule has 0 amide bonds. The van der Waals surface area contributed by atoms with Crippen LogP contribution < -0.4 is 0 Å². The molecular formula is H14BaO7. The van der Waals surface area contributed by atoms with Gasteiger partial charge in [-0.15, -0.1) is 0 Å². The van der Waals surface area contributed by atoms with Crippen LogP contribution in [0.25, 0.3) is 0 Å². The largest absolute Gasteiger partial charge is 0.412 e. The van der Waals surface area contributed by atoms with Crippen molar-refractivity contribution >= 4 is 48.9 Å². The van der Waals surface area contributed by atoms with Crippen molar-refractivity contribution in [2.45, 2.75) is 0 Å². The van der Waals surface area contributed by atoms with Crippen molar-refractivity contribution in [1.82, 2.24) is 0 Å². The standard InChI is InChI=1S/Ba.7H2O/h;7*1H2. The molecule has 0 saturated carbocycles. The summed E-state index contributed by atoms with van der Waals surface area (Å²) in [6.45, 7) is 0. The van der Waals surface area contributed by atoms with Gasteiger partial charge in [0.25, 0.3) is 0 Å². The molecule has 7 nitrogen and oxygen atoms in total. The topological polar surface area (TPSA) is 220 Å². The zero-order chi connectivity index (χ0) is 0. The number of rotatable bonds is 0. The Hall–Kier alpha value is 1.29. The molecule has 0 fully saturated rings. The van der Waals surface area contributed by atoms with Crippen LogP contribution in [0, 0.1) is 0 Å². The second kappa shape index (κ2) is 264. The average molecular weight is 263 g/mol. The van der Waals surface area contributed by atoms with Crippen molar-refractivity contribution in [3.05, 3.63) is 0 Å². The molecule has 58 valence electrons. The summed E-state index contributed by atoms with van der Waals surface area (Å²) in [5, 5.41) is 0. The summed E-state index contributed by atoms with van der Waals surface area (Å²) in [6.07, 6.45) is 0. The van der Waals surface area contributed by atoms with Gasteiger partial charge in [0.05, 0.1) is 0 Å². The molecular weight excluding hydrogens is 249 g/mol. The minimum Gasteiger partial charge on any atom is -0.412 e. The summed E-state index contributed by atoms with van der Waals surface area (Å²) in [5.41, 5.74) is 0. The van der Waals surface area contributed by atoms with Crippen LogP contribution in [-0.4, -0.2) is 87.2 Å². The minimum absolute atomic E-state index is 0. The Balaban J connectivity index is 0.